The standard InChI is InChI=1S/C9H16N2O2/c12-6-9(13)11-4-7-1-8(5-11)3-10-2-7/h7-8,10,12H,1-6H2. The first-order valence-corrected chi connectivity index (χ1v) is 4.89. The lowest BCUT2D eigenvalue weighted by atomic mass is 9.86. The number of aliphatic hydroxyl groups is 1. The average molecular weight is 184 g/mol. The van der Waals surface area contributed by atoms with Gasteiger partial charge in [0.2, 0.25) is 5.91 Å². The number of carbonyl (C=O) groups excluding carboxylic acids is 1. The van der Waals surface area contributed by atoms with Gasteiger partial charge in [0.1, 0.15) is 6.61 Å². The Morgan fingerprint density at radius 3 is 2.54 bits per heavy atom. The highest BCUT2D eigenvalue weighted by molar-refractivity contribution is 5.77. The minimum absolute atomic E-state index is 0.114. The molecule has 2 rings (SSSR count). The summed E-state index contributed by atoms with van der Waals surface area (Å²) < 4.78 is 0. The van der Waals surface area contributed by atoms with Gasteiger partial charge < -0.3 is 15.3 Å². The first-order valence-electron chi connectivity index (χ1n) is 4.89. The van der Waals surface area contributed by atoms with Gasteiger partial charge in [-0.1, -0.05) is 0 Å². The summed E-state index contributed by atoms with van der Waals surface area (Å²) in [5.41, 5.74) is 0. The van der Waals surface area contributed by atoms with Crippen LogP contribution in [0.1, 0.15) is 6.42 Å². The molecule has 0 aliphatic carbocycles. The highest BCUT2D eigenvalue weighted by Gasteiger charge is 2.31. The Labute approximate surface area is 77.9 Å². The fraction of sp³-hybridized carbons (Fsp3) is 0.889. The lowest BCUT2D eigenvalue weighted by Gasteiger charge is -2.41. The summed E-state index contributed by atoms with van der Waals surface area (Å²) in [5.74, 6) is 1.09. The molecule has 13 heavy (non-hydrogen) atoms. The van der Waals surface area contributed by atoms with Gasteiger partial charge in [0.25, 0.3) is 0 Å². The average Bonchev–Trinajstić information content (AvgIpc) is 2.16. The van der Waals surface area contributed by atoms with Gasteiger partial charge in [-0.2, -0.15) is 0 Å². The Morgan fingerprint density at radius 1 is 1.38 bits per heavy atom. The number of rotatable bonds is 1. The molecule has 2 heterocycles. The van der Waals surface area contributed by atoms with E-state index in [9.17, 15) is 4.79 Å². The maximum absolute atomic E-state index is 11.3. The van der Waals surface area contributed by atoms with Crippen molar-refractivity contribution in [3.05, 3.63) is 0 Å². The first-order chi connectivity index (χ1) is 6.29. The van der Waals surface area contributed by atoms with Gasteiger partial charge in [-0.15, -0.1) is 0 Å². The molecule has 2 fully saturated rings. The van der Waals surface area contributed by atoms with Gasteiger partial charge >= 0.3 is 0 Å². The van der Waals surface area contributed by atoms with E-state index in [1.807, 2.05) is 0 Å². The monoisotopic (exact) mass is 184 g/mol. The van der Waals surface area contributed by atoms with Crippen molar-refractivity contribution in [2.24, 2.45) is 11.8 Å². The van der Waals surface area contributed by atoms with Gasteiger partial charge in [-0.3, -0.25) is 4.79 Å². The predicted octanol–water partition coefficient (Wildman–Crippen LogP) is -0.953. The van der Waals surface area contributed by atoms with E-state index in [0.717, 1.165) is 26.2 Å². The Bertz CT molecular complexity index is 196. The smallest absolute Gasteiger partial charge is 0.248 e. The second-order valence-corrected chi connectivity index (χ2v) is 4.08. The number of fused-ring (bicyclic) bond motifs is 2. The summed E-state index contributed by atoms with van der Waals surface area (Å²) in [5, 5.41) is 12.1. The van der Waals surface area contributed by atoms with Gasteiger partial charge in [0, 0.05) is 13.1 Å². The highest BCUT2D eigenvalue weighted by Crippen LogP contribution is 2.24. The lowest BCUT2D eigenvalue weighted by molar-refractivity contribution is -0.137. The summed E-state index contributed by atoms with van der Waals surface area (Å²) in [7, 11) is 0. The Kier molecular flexibility index (Phi) is 2.51. The molecule has 0 radical (unpaired) electrons. The van der Waals surface area contributed by atoms with E-state index < -0.39 is 0 Å². The fourth-order valence-electron chi connectivity index (χ4n) is 2.41. The topological polar surface area (TPSA) is 52.6 Å². The fourth-order valence-corrected chi connectivity index (χ4v) is 2.41. The van der Waals surface area contributed by atoms with Gasteiger partial charge in [0.05, 0.1) is 0 Å². The van der Waals surface area contributed by atoms with Crippen molar-refractivity contribution in [2.45, 2.75) is 6.42 Å². The summed E-state index contributed by atoms with van der Waals surface area (Å²) in [6, 6.07) is 0. The van der Waals surface area contributed by atoms with Crippen LogP contribution in [0.2, 0.25) is 0 Å². The number of piperidine rings is 2. The van der Waals surface area contributed by atoms with Crippen molar-refractivity contribution >= 4 is 5.91 Å². The van der Waals surface area contributed by atoms with Crippen molar-refractivity contribution in [1.82, 2.24) is 10.2 Å². The summed E-state index contributed by atoms with van der Waals surface area (Å²) >= 11 is 0. The van der Waals surface area contributed by atoms with Crippen LogP contribution in [0.5, 0.6) is 0 Å². The van der Waals surface area contributed by atoms with Crippen LogP contribution in [0, 0.1) is 11.8 Å². The van der Waals surface area contributed by atoms with E-state index in [-0.39, 0.29) is 12.5 Å². The molecule has 2 saturated heterocycles. The Hall–Kier alpha value is -0.610. The molecule has 74 valence electrons. The number of likely N-dealkylation sites (tertiary alicyclic amines) is 1. The van der Waals surface area contributed by atoms with Gasteiger partial charge in [-0.05, 0) is 31.3 Å². The minimum atomic E-state index is -0.340. The molecule has 0 spiro atoms. The Balaban J connectivity index is 1.97. The molecule has 4 nitrogen and oxygen atoms in total. The number of hydrogen-bond donors (Lipinski definition) is 2. The zero-order valence-corrected chi connectivity index (χ0v) is 7.70. The van der Waals surface area contributed by atoms with Crippen LogP contribution in [-0.4, -0.2) is 48.7 Å². The van der Waals surface area contributed by atoms with Crippen LogP contribution in [0.3, 0.4) is 0 Å². The van der Waals surface area contributed by atoms with Crippen LogP contribution < -0.4 is 5.32 Å². The summed E-state index contributed by atoms with van der Waals surface area (Å²) in [6.07, 6.45) is 1.24. The molecule has 1 amide bonds. The minimum Gasteiger partial charge on any atom is -0.387 e. The quantitative estimate of drug-likeness (QED) is 0.552. The summed E-state index contributed by atoms with van der Waals surface area (Å²) in [6.45, 7) is 3.34. The maximum Gasteiger partial charge on any atom is 0.248 e. The number of nitrogens with zero attached hydrogens (tertiary/aromatic N) is 1. The van der Waals surface area contributed by atoms with Crippen LogP contribution in [0.15, 0.2) is 0 Å². The van der Waals surface area contributed by atoms with E-state index in [1.54, 1.807) is 4.90 Å². The SMILES string of the molecule is O=C(CO)N1CC2CNCC(C2)C1. The number of aliphatic hydroxyl groups excluding tert-OH is 1. The van der Waals surface area contributed by atoms with E-state index in [1.165, 1.54) is 6.42 Å². The van der Waals surface area contributed by atoms with Crippen molar-refractivity contribution in [2.75, 3.05) is 32.8 Å². The van der Waals surface area contributed by atoms with E-state index in [2.05, 4.69) is 5.32 Å². The van der Waals surface area contributed by atoms with Crippen molar-refractivity contribution in [3.8, 4) is 0 Å². The van der Waals surface area contributed by atoms with Crippen LogP contribution in [-0.2, 0) is 4.79 Å². The van der Waals surface area contributed by atoms with Gasteiger partial charge in [0.15, 0.2) is 0 Å². The van der Waals surface area contributed by atoms with Crippen LogP contribution >= 0.6 is 0 Å². The van der Waals surface area contributed by atoms with Crippen molar-refractivity contribution in [1.29, 1.82) is 0 Å². The van der Waals surface area contributed by atoms with Gasteiger partial charge in [-0.25, -0.2) is 0 Å². The molecule has 0 aromatic heterocycles. The zero-order chi connectivity index (χ0) is 9.26. The van der Waals surface area contributed by atoms with E-state index >= 15 is 0 Å². The molecule has 2 atom stereocenters. The zero-order valence-electron chi connectivity index (χ0n) is 7.70. The molecular weight excluding hydrogens is 168 g/mol. The number of nitrogens with one attached hydrogen (secondary N) is 1. The van der Waals surface area contributed by atoms with Crippen molar-refractivity contribution in [3.63, 3.8) is 0 Å². The third kappa shape index (κ3) is 1.84. The Morgan fingerprint density at radius 2 is 2.00 bits per heavy atom. The first kappa shape index (κ1) is 8.97. The van der Waals surface area contributed by atoms with Crippen LogP contribution in [0.25, 0.3) is 0 Å². The number of amides is 1. The third-order valence-corrected chi connectivity index (χ3v) is 2.98. The molecule has 2 aliphatic rings. The normalized spacial score (nSPS) is 33.2. The molecule has 0 saturated carbocycles. The lowest BCUT2D eigenvalue weighted by Crippen LogP contribution is -2.53. The van der Waals surface area contributed by atoms with Crippen LogP contribution in [0.4, 0.5) is 0 Å². The largest absolute Gasteiger partial charge is 0.387 e. The second-order valence-electron chi connectivity index (χ2n) is 4.08. The second kappa shape index (κ2) is 3.64. The highest BCUT2D eigenvalue weighted by atomic mass is 16.3. The molecule has 2 bridgehead atoms. The third-order valence-electron chi connectivity index (χ3n) is 2.98. The molecule has 0 aromatic carbocycles. The molecule has 4 heteroatoms. The number of carbonyl (C=O) groups is 1. The predicted molar refractivity (Wildman–Crippen MR) is 48.1 cm³/mol. The van der Waals surface area contributed by atoms with E-state index in [4.69, 9.17) is 5.11 Å². The molecule has 2 unspecified atom stereocenters. The number of hydrogen-bond acceptors (Lipinski definition) is 3. The van der Waals surface area contributed by atoms with E-state index in [0.29, 0.717) is 11.8 Å². The molecular formula is C9H16N2O2. The molecule has 2 aliphatic heterocycles. The molecule has 2 N–H and O–H groups in total. The maximum atomic E-state index is 11.3. The molecule has 0 aromatic rings. The summed E-state index contributed by atoms with van der Waals surface area (Å²) in [4.78, 5) is 13.1. The van der Waals surface area contributed by atoms with Crippen molar-refractivity contribution < 1.29 is 9.90 Å².